The van der Waals surface area contributed by atoms with Gasteiger partial charge in [0.1, 0.15) is 0 Å². The summed E-state index contributed by atoms with van der Waals surface area (Å²) in [6.45, 7) is 2.56. The molecule has 0 saturated heterocycles. The van der Waals surface area contributed by atoms with E-state index in [-0.39, 0.29) is 0 Å². The van der Waals surface area contributed by atoms with Gasteiger partial charge < -0.3 is 5.11 Å². The van der Waals surface area contributed by atoms with Gasteiger partial charge in [-0.1, -0.05) is 68.4 Å². The standard InChI is InChI=1S/C20H34O/c1-2-3-4-5-6-7-8-9-10-11-12-13-14-15-16-17-18-19-20-21/h6-7,9-10,12-13,15-16,21H,2-5,8,11,14,17-20H2,1H3/b7-6-,10-9-,13-12-,16-15?. The summed E-state index contributed by atoms with van der Waals surface area (Å²) >= 11 is 0. The molecule has 120 valence electrons. The van der Waals surface area contributed by atoms with Gasteiger partial charge in [-0.2, -0.15) is 0 Å². The summed E-state index contributed by atoms with van der Waals surface area (Å²) in [6.07, 6.45) is 29.3. The average Bonchev–Trinajstić information content (AvgIpc) is 2.50. The molecule has 0 fully saturated rings. The molecule has 0 aromatic rings. The van der Waals surface area contributed by atoms with Crippen molar-refractivity contribution < 1.29 is 5.11 Å². The largest absolute Gasteiger partial charge is 0.396 e. The average molecular weight is 290 g/mol. The highest BCUT2D eigenvalue weighted by Gasteiger charge is 1.82. The van der Waals surface area contributed by atoms with Crippen molar-refractivity contribution in [3.63, 3.8) is 0 Å². The molecule has 0 aliphatic rings. The van der Waals surface area contributed by atoms with Crippen LogP contribution in [0.3, 0.4) is 0 Å². The van der Waals surface area contributed by atoms with Crippen LogP contribution < -0.4 is 0 Å². The Labute approximate surface area is 132 Å². The van der Waals surface area contributed by atoms with Gasteiger partial charge in [-0.3, -0.25) is 0 Å². The molecular formula is C20H34O. The van der Waals surface area contributed by atoms with Crippen molar-refractivity contribution in [2.45, 2.75) is 71.1 Å². The summed E-state index contributed by atoms with van der Waals surface area (Å²) in [5, 5.41) is 8.65. The lowest BCUT2D eigenvalue weighted by Crippen LogP contribution is -1.79. The van der Waals surface area contributed by atoms with Crippen molar-refractivity contribution >= 4 is 0 Å². The van der Waals surface area contributed by atoms with E-state index in [1.54, 1.807) is 0 Å². The van der Waals surface area contributed by atoms with E-state index in [1.165, 1.54) is 25.7 Å². The summed E-state index contributed by atoms with van der Waals surface area (Å²) in [4.78, 5) is 0. The summed E-state index contributed by atoms with van der Waals surface area (Å²) < 4.78 is 0. The lowest BCUT2D eigenvalue weighted by Gasteiger charge is -1.91. The van der Waals surface area contributed by atoms with Crippen molar-refractivity contribution in [1.29, 1.82) is 0 Å². The van der Waals surface area contributed by atoms with E-state index in [0.717, 1.165) is 38.5 Å². The smallest absolute Gasteiger partial charge is 0.0431 e. The molecule has 0 unspecified atom stereocenters. The number of aliphatic hydroxyl groups excluding tert-OH is 1. The Morgan fingerprint density at radius 2 is 1.00 bits per heavy atom. The van der Waals surface area contributed by atoms with Crippen molar-refractivity contribution in [2.24, 2.45) is 0 Å². The zero-order chi connectivity index (χ0) is 15.4. The highest BCUT2D eigenvalue weighted by atomic mass is 16.2. The molecule has 0 bridgehead atoms. The molecule has 1 nitrogen and oxygen atoms in total. The van der Waals surface area contributed by atoms with E-state index in [2.05, 4.69) is 55.5 Å². The molecule has 0 spiro atoms. The number of hydrogen-bond donors (Lipinski definition) is 1. The molecule has 0 amide bonds. The minimum absolute atomic E-state index is 0.313. The van der Waals surface area contributed by atoms with Crippen LogP contribution in [0.15, 0.2) is 48.6 Å². The highest BCUT2D eigenvalue weighted by molar-refractivity contribution is 4.99. The van der Waals surface area contributed by atoms with Crippen molar-refractivity contribution in [3.05, 3.63) is 48.6 Å². The fourth-order valence-corrected chi connectivity index (χ4v) is 1.93. The van der Waals surface area contributed by atoms with Crippen LogP contribution in [0, 0.1) is 0 Å². The fourth-order valence-electron chi connectivity index (χ4n) is 1.93. The second-order valence-corrected chi connectivity index (χ2v) is 5.31. The Bertz CT molecular complexity index is 267. The van der Waals surface area contributed by atoms with Crippen LogP contribution in [-0.4, -0.2) is 11.7 Å². The second kappa shape index (κ2) is 18.9. The lowest BCUT2D eigenvalue weighted by atomic mass is 10.2. The van der Waals surface area contributed by atoms with Gasteiger partial charge in [0.05, 0.1) is 0 Å². The highest BCUT2D eigenvalue weighted by Crippen LogP contribution is 2.01. The molecule has 0 saturated carbocycles. The summed E-state index contributed by atoms with van der Waals surface area (Å²) in [5.41, 5.74) is 0. The maximum Gasteiger partial charge on any atom is 0.0431 e. The third kappa shape index (κ3) is 18.9. The van der Waals surface area contributed by atoms with E-state index in [4.69, 9.17) is 5.11 Å². The molecule has 0 aliphatic heterocycles. The van der Waals surface area contributed by atoms with Gasteiger partial charge >= 0.3 is 0 Å². The van der Waals surface area contributed by atoms with Crippen LogP contribution >= 0.6 is 0 Å². The van der Waals surface area contributed by atoms with Crippen LogP contribution in [0.25, 0.3) is 0 Å². The molecule has 0 radical (unpaired) electrons. The Morgan fingerprint density at radius 1 is 0.571 bits per heavy atom. The normalized spacial score (nSPS) is 12.7. The number of hydrogen-bond acceptors (Lipinski definition) is 1. The maximum atomic E-state index is 8.65. The van der Waals surface area contributed by atoms with Crippen molar-refractivity contribution in [2.75, 3.05) is 6.61 Å². The summed E-state index contributed by atoms with van der Waals surface area (Å²) in [5.74, 6) is 0. The molecule has 0 aromatic carbocycles. The van der Waals surface area contributed by atoms with Gasteiger partial charge in [0.25, 0.3) is 0 Å². The van der Waals surface area contributed by atoms with Crippen LogP contribution in [0.2, 0.25) is 0 Å². The first-order valence-corrected chi connectivity index (χ1v) is 8.62. The molecule has 0 heterocycles. The van der Waals surface area contributed by atoms with E-state index < -0.39 is 0 Å². The van der Waals surface area contributed by atoms with Crippen molar-refractivity contribution in [1.82, 2.24) is 0 Å². The topological polar surface area (TPSA) is 20.2 Å². The first-order valence-electron chi connectivity index (χ1n) is 8.62. The predicted molar refractivity (Wildman–Crippen MR) is 95.5 cm³/mol. The SMILES string of the molecule is CCCCC/C=C\C/C=C\C/C=C\CC=CCCCCO. The monoisotopic (exact) mass is 290 g/mol. The Kier molecular flexibility index (Phi) is 17.9. The van der Waals surface area contributed by atoms with E-state index >= 15 is 0 Å². The maximum absolute atomic E-state index is 8.65. The summed E-state index contributed by atoms with van der Waals surface area (Å²) in [6, 6.07) is 0. The second-order valence-electron chi connectivity index (χ2n) is 5.31. The Balaban J connectivity index is 3.35. The summed E-state index contributed by atoms with van der Waals surface area (Å²) in [7, 11) is 0. The predicted octanol–water partition coefficient (Wildman–Crippen LogP) is 6.12. The van der Waals surface area contributed by atoms with Crippen LogP contribution in [0.1, 0.15) is 71.1 Å². The van der Waals surface area contributed by atoms with Gasteiger partial charge in [0, 0.05) is 6.61 Å². The molecule has 0 aromatic heterocycles. The molecule has 0 rings (SSSR count). The quantitative estimate of drug-likeness (QED) is 0.301. The first kappa shape index (κ1) is 19.9. The van der Waals surface area contributed by atoms with Gasteiger partial charge in [0.2, 0.25) is 0 Å². The lowest BCUT2D eigenvalue weighted by molar-refractivity contribution is 0.285. The van der Waals surface area contributed by atoms with Gasteiger partial charge in [0.15, 0.2) is 0 Å². The Hall–Kier alpha value is -1.08. The van der Waals surface area contributed by atoms with E-state index in [9.17, 15) is 0 Å². The number of unbranched alkanes of at least 4 members (excludes halogenated alkanes) is 5. The van der Waals surface area contributed by atoms with Crippen LogP contribution in [-0.2, 0) is 0 Å². The molecule has 1 heteroatoms. The van der Waals surface area contributed by atoms with Gasteiger partial charge in [-0.25, -0.2) is 0 Å². The molecular weight excluding hydrogens is 256 g/mol. The number of aliphatic hydroxyl groups is 1. The van der Waals surface area contributed by atoms with E-state index in [1.807, 2.05) is 0 Å². The zero-order valence-electron chi connectivity index (χ0n) is 13.8. The van der Waals surface area contributed by atoms with Crippen molar-refractivity contribution in [3.8, 4) is 0 Å². The number of allylic oxidation sites excluding steroid dienone is 8. The van der Waals surface area contributed by atoms with Gasteiger partial charge in [-0.15, -0.1) is 0 Å². The molecule has 21 heavy (non-hydrogen) atoms. The van der Waals surface area contributed by atoms with E-state index in [0.29, 0.717) is 6.61 Å². The minimum Gasteiger partial charge on any atom is -0.396 e. The fraction of sp³-hybridized carbons (Fsp3) is 0.600. The van der Waals surface area contributed by atoms with Crippen LogP contribution in [0.4, 0.5) is 0 Å². The zero-order valence-corrected chi connectivity index (χ0v) is 13.8. The Morgan fingerprint density at radius 3 is 1.43 bits per heavy atom. The molecule has 1 N–H and O–H groups in total. The first-order chi connectivity index (χ1) is 10.4. The van der Waals surface area contributed by atoms with Gasteiger partial charge in [-0.05, 0) is 51.4 Å². The third-order valence-corrected chi connectivity index (χ3v) is 3.24. The number of rotatable bonds is 14. The molecule has 0 atom stereocenters. The third-order valence-electron chi connectivity index (χ3n) is 3.24. The van der Waals surface area contributed by atoms with Crippen LogP contribution in [0.5, 0.6) is 0 Å². The minimum atomic E-state index is 0.313. The molecule has 0 aliphatic carbocycles.